The van der Waals surface area contributed by atoms with Gasteiger partial charge in [0.25, 0.3) is 0 Å². The van der Waals surface area contributed by atoms with Gasteiger partial charge in [-0.05, 0) is 55.9 Å². The SMILES string of the molecule is Cc1c(C)c2c(c(C)c1O)C1(CCC1)CC[S+]2[O-]. The van der Waals surface area contributed by atoms with Crippen LogP contribution >= 0.6 is 0 Å². The van der Waals surface area contributed by atoms with Crippen LogP contribution in [-0.4, -0.2) is 15.4 Å². The molecule has 2 aliphatic rings. The van der Waals surface area contributed by atoms with Gasteiger partial charge in [-0.1, -0.05) is 6.42 Å². The highest BCUT2D eigenvalue weighted by atomic mass is 32.2. The molecule has 98 valence electrons. The van der Waals surface area contributed by atoms with Gasteiger partial charge in [0, 0.05) is 23.0 Å². The Morgan fingerprint density at radius 2 is 1.72 bits per heavy atom. The van der Waals surface area contributed by atoms with E-state index in [2.05, 4.69) is 0 Å². The standard InChI is InChI=1S/C15H20O2S/c1-9-10(2)14-12(11(3)13(9)16)15(5-4-6-15)7-8-18(14)17/h16H,4-8H2,1-3H3. The first-order valence-electron chi connectivity index (χ1n) is 6.69. The third-order valence-corrected chi connectivity index (χ3v) is 6.59. The van der Waals surface area contributed by atoms with E-state index < -0.39 is 11.2 Å². The van der Waals surface area contributed by atoms with Crippen molar-refractivity contribution in [2.75, 3.05) is 5.75 Å². The summed E-state index contributed by atoms with van der Waals surface area (Å²) in [5.41, 5.74) is 4.36. The largest absolute Gasteiger partial charge is 0.611 e. The number of rotatable bonds is 0. The highest BCUT2D eigenvalue weighted by Crippen LogP contribution is 2.55. The number of phenols is 1. The topological polar surface area (TPSA) is 43.3 Å². The number of aromatic hydroxyl groups is 1. The Hall–Kier alpha value is -0.670. The summed E-state index contributed by atoms with van der Waals surface area (Å²) in [5, 5.41) is 10.3. The normalized spacial score (nSPS) is 24.8. The summed E-state index contributed by atoms with van der Waals surface area (Å²) in [6, 6.07) is 0. The molecule has 1 aromatic carbocycles. The monoisotopic (exact) mass is 264 g/mol. The molecule has 2 nitrogen and oxygen atoms in total. The van der Waals surface area contributed by atoms with Crippen molar-refractivity contribution in [3.05, 3.63) is 22.3 Å². The molecule has 3 heteroatoms. The molecule has 3 rings (SSSR count). The van der Waals surface area contributed by atoms with Crippen LogP contribution in [0.15, 0.2) is 4.90 Å². The molecule has 1 fully saturated rings. The first-order chi connectivity index (χ1) is 8.48. The Kier molecular flexibility index (Phi) is 2.69. The minimum Gasteiger partial charge on any atom is -0.611 e. The van der Waals surface area contributed by atoms with Gasteiger partial charge in [-0.3, -0.25) is 0 Å². The lowest BCUT2D eigenvalue weighted by atomic mass is 9.61. The molecule has 1 aliphatic carbocycles. The fourth-order valence-corrected chi connectivity index (χ4v) is 5.52. The summed E-state index contributed by atoms with van der Waals surface area (Å²) in [4.78, 5) is 1.04. The van der Waals surface area contributed by atoms with Gasteiger partial charge in [0.05, 0.1) is 0 Å². The van der Waals surface area contributed by atoms with E-state index in [4.69, 9.17) is 0 Å². The van der Waals surface area contributed by atoms with Gasteiger partial charge in [-0.15, -0.1) is 0 Å². The summed E-state index contributed by atoms with van der Waals surface area (Å²) < 4.78 is 12.4. The van der Waals surface area contributed by atoms with E-state index in [1.165, 1.54) is 24.8 Å². The maximum Gasteiger partial charge on any atom is 0.160 e. The van der Waals surface area contributed by atoms with Crippen molar-refractivity contribution < 1.29 is 9.66 Å². The van der Waals surface area contributed by atoms with E-state index in [9.17, 15) is 9.66 Å². The van der Waals surface area contributed by atoms with Crippen molar-refractivity contribution in [1.29, 1.82) is 0 Å². The number of benzene rings is 1. The van der Waals surface area contributed by atoms with Crippen LogP contribution in [-0.2, 0) is 16.6 Å². The zero-order valence-electron chi connectivity index (χ0n) is 11.3. The number of fused-ring (bicyclic) bond motifs is 2. The second-order valence-corrected chi connectivity index (χ2v) is 7.37. The molecule has 0 amide bonds. The second kappa shape index (κ2) is 3.91. The molecule has 18 heavy (non-hydrogen) atoms. The molecule has 1 spiro atoms. The first-order valence-corrected chi connectivity index (χ1v) is 8.01. The Morgan fingerprint density at radius 3 is 2.28 bits per heavy atom. The third-order valence-electron chi connectivity index (χ3n) is 5.05. The lowest BCUT2D eigenvalue weighted by Crippen LogP contribution is -2.42. The average molecular weight is 264 g/mol. The van der Waals surface area contributed by atoms with Crippen molar-refractivity contribution in [2.24, 2.45) is 0 Å². The molecule has 1 saturated carbocycles. The van der Waals surface area contributed by atoms with E-state index in [-0.39, 0.29) is 5.41 Å². The molecule has 1 aliphatic heterocycles. The van der Waals surface area contributed by atoms with Crippen molar-refractivity contribution in [2.45, 2.75) is 56.8 Å². The molecule has 1 heterocycles. The minimum absolute atomic E-state index is 0.225. The molecule has 0 bridgehead atoms. The molecular formula is C15H20O2S. The Labute approximate surface area is 112 Å². The summed E-state index contributed by atoms with van der Waals surface area (Å²) >= 11 is -0.881. The van der Waals surface area contributed by atoms with E-state index in [0.717, 1.165) is 33.8 Å². The van der Waals surface area contributed by atoms with Crippen LogP contribution in [0, 0.1) is 20.8 Å². The second-order valence-electron chi connectivity index (χ2n) is 5.86. The van der Waals surface area contributed by atoms with Gasteiger partial charge < -0.3 is 9.66 Å². The number of hydrogen-bond donors (Lipinski definition) is 1. The predicted octanol–water partition coefficient (Wildman–Crippen LogP) is 3.25. The third kappa shape index (κ3) is 1.41. The first kappa shape index (κ1) is 12.4. The zero-order valence-corrected chi connectivity index (χ0v) is 12.1. The summed E-state index contributed by atoms with van der Waals surface area (Å²) in [6.07, 6.45) is 4.68. The van der Waals surface area contributed by atoms with Crippen molar-refractivity contribution in [3.8, 4) is 5.75 Å². The number of hydrogen-bond acceptors (Lipinski definition) is 2. The lowest BCUT2D eigenvalue weighted by molar-refractivity contribution is 0.224. The van der Waals surface area contributed by atoms with Gasteiger partial charge in [0.2, 0.25) is 0 Å². The van der Waals surface area contributed by atoms with Gasteiger partial charge in [-0.2, -0.15) is 0 Å². The van der Waals surface area contributed by atoms with Crippen LogP contribution in [0.2, 0.25) is 0 Å². The summed E-state index contributed by atoms with van der Waals surface area (Å²) in [5.74, 6) is 1.20. The maximum absolute atomic E-state index is 12.4. The van der Waals surface area contributed by atoms with Crippen molar-refractivity contribution >= 4 is 11.2 Å². The van der Waals surface area contributed by atoms with Gasteiger partial charge in [0.1, 0.15) is 11.5 Å². The van der Waals surface area contributed by atoms with Gasteiger partial charge in [0.15, 0.2) is 4.90 Å². The summed E-state index contributed by atoms with van der Waals surface area (Å²) in [7, 11) is 0. The smallest absolute Gasteiger partial charge is 0.160 e. The van der Waals surface area contributed by atoms with E-state index in [1.54, 1.807) is 0 Å². The van der Waals surface area contributed by atoms with E-state index in [0.29, 0.717) is 5.75 Å². The van der Waals surface area contributed by atoms with Crippen LogP contribution in [0.5, 0.6) is 5.75 Å². The molecule has 0 saturated heterocycles. The average Bonchev–Trinajstić information content (AvgIpc) is 2.31. The maximum atomic E-state index is 12.4. The van der Waals surface area contributed by atoms with Crippen LogP contribution in [0.3, 0.4) is 0 Å². The highest BCUT2D eigenvalue weighted by Gasteiger charge is 2.48. The molecule has 0 radical (unpaired) electrons. The fourth-order valence-electron chi connectivity index (χ4n) is 3.65. The van der Waals surface area contributed by atoms with Gasteiger partial charge in [-0.25, -0.2) is 0 Å². The predicted molar refractivity (Wildman–Crippen MR) is 73.7 cm³/mol. The van der Waals surface area contributed by atoms with Crippen molar-refractivity contribution in [1.82, 2.24) is 0 Å². The Bertz CT molecular complexity index is 518. The molecule has 1 unspecified atom stereocenters. The zero-order chi connectivity index (χ0) is 13.1. The molecule has 1 aromatic rings. The lowest BCUT2D eigenvalue weighted by Gasteiger charge is -2.47. The van der Waals surface area contributed by atoms with E-state index in [1.807, 2.05) is 20.8 Å². The van der Waals surface area contributed by atoms with Crippen molar-refractivity contribution in [3.63, 3.8) is 0 Å². The molecule has 1 N–H and O–H groups in total. The molecular weight excluding hydrogens is 244 g/mol. The van der Waals surface area contributed by atoms with Crippen LogP contribution in [0.4, 0.5) is 0 Å². The molecule has 1 atom stereocenters. The minimum atomic E-state index is -0.881. The fraction of sp³-hybridized carbons (Fsp3) is 0.600. The molecule has 0 aromatic heterocycles. The Morgan fingerprint density at radius 1 is 1.06 bits per heavy atom. The highest BCUT2D eigenvalue weighted by molar-refractivity contribution is 7.91. The van der Waals surface area contributed by atoms with Crippen LogP contribution in [0.25, 0.3) is 0 Å². The quantitative estimate of drug-likeness (QED) is 0.731. The van der Waals surface area contributed by atoms with Gasteiger partial charge >= 0.3 is 0 Å². The summed E-state index contributed by atoms with van der Waals surface area (Å²) in [6.45, 7) is 5.92. The van der Waals surface area contributed by atoms with Crippen LogP contribution in [0.1, 0.15) is 47.9 Å². The van der Waals surface area contributed by atoms with E-state index >= 15 is 0 Å². The number of phenolic OH excluding ortho intramolecular Hbond substituents is 1. The van der Waals surface area contributed by atoms with Crippen LogP contribution < -0.4 is 0 Å². The Balaban J connectivity index is 2.33.